The van der Waals surface area contributed by atoms with Gasteiger partial charge in [-0.1, -0.05) is 42.4 Å². The van der Waals surface area contributed by atoms with E-state index in [9.17, 15) is 9.59 Å². The maximum Gasteiger partial charge on any atom is 0.321 e. The highest BCUT2D eigenvalue weighted by molar-refractivity contribution is 8.02. The number of amides is 2. The number of hydrogen-bond acceptors (Lipinski definition) is 6. The van der Waals surface area contributed by atoms with Crippen molar-refractivity contribution in [1.82, 2.24) is 15.5 Å². The molecule has 1 heterocycles. The van der Waals surface area contributed by atoms with E-state index in [0.717, 1.165) is 37.4 Å². The summed E-state index contributed by atoms with van der Waals surface area (Å²) in [5.74, 6) is -0.903. The number of carbonyl (C=O) groups is 2. The Morgan fingerprint density at radius 2 is 2.05 bits per heavy atom. The molecule has 9 heteroatoms. The minimum absolute atomic E-state index is 0.229. The van der Waals surface area contributed by atoms with Crippen LogP contribution in [-0.2, 0) is 4.79 Å². The first-order chi connectivity index (χ1) is 10.0. The fourth-order valence-electron chi connectivity index (χ4n) is 2.08. The van der Waals surface area contributed by atoms with Crippen LogP contribution >= 0.6 is 23.1 Å². The summed E-state index contributed by atoms with van der Waals surface area (Å²) < 4.78 is 0.526. The van der Waals surface area contributed by atoms with Crippen LogP contribution in [0.4, 0.5) is 9.93 Å². The van der Waals surface area contributed by atoms with E-state index >= 15 is 0 Å². The van der Waals surface area contributed by atoms with E-state index < -0.39 is 11.2 Å². The summed E-state index contributed by atoms with van der Waals surface area (Å²) in [5.41, 5.74) is 0. The standard InChI is InChI=1S/C12H18N4O3S2/c1-7(9(17)18)20-12-16-15-11(21-12)14-10(19)13-8-5-3-2-4-6-8/h7-8H,2-6H2,1H3,(H,17,18)(H2,13,14,15,19)/t7-/m1/s1. The third kappa shape index (κ3) is 5.16. The third-order valence-electron chi connectivity index (χ3n) is 3.19. The molecule has 1 fully saturated rings. The maximum atomic E-state index is 11.8. The van der Waals surface area contributed by atoms with Crippen LogP contribution in [0.1, 0.15) is 39.0 Å². The van der Waals surface area contributed by atoms with E-state index in [0.29, 0.717) is 9.47 Å². The van der Waals surface area contributed by atoms with Gasteiger partial charge < -0.3 is 10.4 Å². The Kier molecular flexibility index (Phi) is 5.80. The lowest BCUT2D eigenvalue weighted by Gasteiger charge is -2.22. The van der Waals surface area contributed by atoms with Gasteiger partial charge in [-0.2, -0.15) is 0 Å². The van der Waals surface area contributed by atoms with Crippen molar-refractivity contribution in [3.63, 3.8) is 0 Å². The lowest BCUT2D eigenvalue weighted by atomic mass is 9.96. The SMILES string of the molecule is C[C@@H](Sc1nnc(NC(=O)NC2CCCCC2)s1)C(=O)O. The Bertz CT molecular complexity index is 502. The third-order valence-corrected chi connectivity index (χ3v) is 5.20. The van der Waals surface area contributed by atoms with Gasteiger partial charge in [0.15, 0.2) is 4.34 Å². The van der Waals surface area contributed by atoms with E-state index in [2.05, 4.69) is 20.8 Å². The first-order valence-electron chi connectivity index (χ1n) is 6.85. The summed E-state index contributed by atoms with van der Waals surface area (Å²) in [6, 6.07) is -0.0477. The van der Waals surface area contributed by atoms with Gasteiger partial charge in [-0.15, -0.1) is 10.2 Å². The predicted molar refractivity (Wildman–Crippen MR) is 81.9 cm³/mol. The lowest BCUT2D eigenvalue weighted by molar-refractivity contribution is -0.136. The van der Waals surface area contributed by atoms with Crippen molar-refractivity contribution in [2.45, 2.75) is 54.7 Å². The summed E-state index contributed by atoms with van der Waals surface area (Å²) in [4.78, 5) is 22.6. The number of hydrogen-bond donors (Lipinski definition) is 3. The van der Waals surface area contributed by atoms with Crippen molar-refractivity contribution < 1.29 is 14.7 Å². The van der Waals surface area contributed by atoms with Gasteiger partial charge in [-0.25, -0.2) is 4.79 Å². The number of carbonyl (C=O) groups excluding carboxylic acids is 1. The van der Waals surface area contributed by atoms with Crippen molar-refractivity contribution >= 4 is 40.2 Å². The summed E-state index contributed by atoms with van der Waals surface area (Å²) in [6.45, 7) is 1.58. The summed E-state index contributed by atoms with van der Waals surface area (Å²) >= 11 is 2.28. The monoisotopic (exact) mass is 330 g/mol. The Morgan fingerprint density at radius 3 is 2.71 bits per heavy atom. The van der Waals surface area contributed by atoms with Crippen LogP contribution in [0.5, 0.6) is 0 Å². The van der Waals surface area contributed by atoms with Crippen LogP contribution in [0.15, 0.2) is 4.34 Å². The Balaban J connectivity index is 1.81. The molecule has 1 aliphatic carbocycles. The van der Waals surface area contributed by atoms with Crippen LogP contribution < -0.4 is 10.6 Å². The number of carboxylic acids is 1. The molecule has 3 N–H and O–H groups in total. The van der Waals surface area contributed by atoms with Gasteiger partial charge in [0.05, 0.1) is 0 Å². The number of anilines is 1. The largest absolute Gasteiger partial charge is 0.480 e. The summed E-state index contributed by atoms with van der Waals surface area (Å²) in [6.07, 6.45) is 5.56. The highest BCUT2D eigenvalue weighted by Gasteiger charge is 2.18. The van der Waals surface area contributed by atoms with E-state index in [4.69, 9.17) is 5.11 Å². The Hall–Kier alpha value is -1.35. The zero-order valence-electron chi connectivity index (χ0n) is 11.7. The molecule has 0 saturated heterocycles. The first kappa shape index (κ1) is 16.0. The predicted octanol–water partition coefficient (Wildman–Crippen LogP) is 2.56. The van der Waals surface area contributed by atoms with Gasteiger partial charge in [-0.05, 0) is 19.8 Å². The van der Waals surface area contributed by atoms with Crippen LogP contribution in [0, 0.1) is 0 Å². The molecule has 7 nitrogen and oxygen atoms in total. The number of urea groups is 1. The van der Waals surface area contributed by atoms with Gasteiger partial charge in [0, 0.05) is 6.04 Å². The smallest absolute Gasteiger partial charge is 0.321 e. The van der Waals surface area contributed by atoms with Crippen molar-refractivity contribution in [3.05, 3.63) is 0 Å². The molecule has 1 aromatic heterocycles. The molecule has 1 aliphatic rings. The quantitative estimate of drug-likeness (QED) is 0.566. The van der Waals surface area contributed by atoms with Gasteiger partial charge in [0.2, 0.25) is 5.13 Å². The van der Waals surface area contributed by atoms with Gasteiger partial charge in [0.25, 0.3) is 0 Å². The summed E-state index contributed by atoms with van der Waals surface area (Å²) in [7, 11) is 0. The van der Waals surface area contributed by atoms with Gasteiger partial charge >= 0.3 is 12.0 Å². The van der Waals surface area contributed by atoms with E-state index in [1.54, 1.807) is 6.92 Å². The number of carboxylic acid groups (broad SMARTS) is 1. The van der Waals surface area contributed by atoms with Crippen molar-refractivity contribution in [2.75, 3.05) is 5.32 Å². The minimum Gasteiger partial charge on any atom is -0.480 e. The number of nitrogens with one attached hydrogen (secondary N) is 2. The maximum absolute atomic E-state index is 11.8. The second-order valence-corrected chi connectivity index (χ2v) is 7.47. The molecule has 0 bridgehead atoms. The topological polar surface area (TPSA) is 104 Å². The number of rotatable bonds is 5. The normalized spacial score (nSPS) is 17.2. The minimum atomic E-state index is -0.903. The Labute approximate surface area is 130 Å². The molecule has 1 aromatic rings. The number of nitrogens with zero attached hydrogens (tertiary/aromatic N) is 2. The molecule has 1 atom stereocenters. The van der Waals surface area contributed by atoms with E-state index in [-0.39, 0.29) is 12.1 Å². The molecule has 1 saturated carbocycles. The number of thioether (sulfide) groups is 1. The zero-order chi connectivity index (χ0) is 15.2. The molecule has 2 rings (SSSR count). The summed E-state index contributed by atoms with van der Waals surface area (Å²) in [5, 5.41) is 21.9. The Morgan fingerprint density at radius 1 is 1.33 bits per heavy atom. The second-order valence-electron chi connectivity index (χ2n) is 4.90. The van der Waals surface area contributed by atoms with Crippen LogP contribution in [0.3, 0.4) is 0 Å². The molecular formula is C12H18N4O3S2. The van der Waals surface area contributed by atoms with Gasteiger partial charge in [-0.3, -0.25) is 10.1 Å². The molecular weight excluding hydrogens is 312 g/mol. The van der Waals surface area contributed by atoms with Crippen LogP contribution in [0.25, 0.3) is 0 Å². The van der Waals surface area contributed by atoms with Crippen molar-refractivity contribution in [2.24, 2.45) is 0 Å². The molecule has 0 unspecified atom stereocenters. The molecule has 21 heavy (non-hydrogen) atoms. The highest BCUT2D eigenvalue weighted by atomic mass is 32.2. The van der Waals surface area contributed by atoms with Crippen molar-refractivity contribution in [3.8, 4) is 0 Å². The zero-order valence-corrected chi connectivity index (χ0v) is 13.3. The fourth-order valence-corrected chi connectivity index (χ4v) is 3.90. The lowest BCUT2D eigenvalue weighted by Crippen LogP contribution is -2.38. The van der Waals surface area contributed by atoms with E-state index in [1.165, 1.54) is 17.8 Å². The molecule has 116 valence electrons. The first-order valence-corrected chi connectivity index (χ1v) is 8.54. The number of aromatic nitrogens is 2. The van der Waals surface area contributed by atoms with Crippen molar-refractivity contribution in [1.29, 1.82) is 0 Å². The molecule has 2 amide bonds. The molecule has 0 spiro atoms. The van der Waals surface area contributed by atoms with Gasteiger partial charge in [0.1, 0.15) is 5.25 Å². The average molecular weight is 330 g/mol. The average Bonchev–Trinajstić information content (AvgIpc) is 2.86. The van der Waals surface area contributed by atoms with Crippen LogP contribution in [-0.4, -0.2) is 38.6 Å². The van der Waals surface area contributed by atoms with Crippen LogP contribution in [0.2, 0.25) is 0 Å². The molecule has 0 aliphatic heterocycles. The highest BCUT2D eigenvalue weighted by Crippen LogP contribution is 2.28. The molecule has 0 aromatic carbocycles. The number of aliphatic carboxylic acids is 1. The molecule has 0 radical (unpaired) electrons. The van der Waals surface area contributed by atoms with E-state index in [1.807, 2.05) is 0 Å². The second kappa shape index (κ2) is 7.60. The fraction of sp³-hybridized carbons (Fsp3) is 0.667.